The maximum Gasteiger partial charge on any atom is 0.253 e. The van der Waals surface area contributed by atoms with Crippen LogP contribution in [0.4, 0.5) is 11.4 Å². The number of rotatable bonds is 6. The smallest absolute Gasteiger partial charge is 0.253 e. The van der Waals surface area contributed by atoms with Crippen molar-refractivity contribution in [3.63, 3.8) is 0 Å². The zero-order valence-corrected chi connectivity index (χ0v) is 18.1. The number of fused-ring (bicyclic) bond motifs is 1. The van der Waals surface area contributed by atoms with Crippen molar-refractivity contribution in [1.29, 1.82) is 0 Å². The van der Waals surface area contributed by atoms with Crippen molar-refractivity contribution >= 4 is 22.3 Å². The van der Waals surface area contributed by atoms with E-state index < -0.39 is 0 Å². The van der Waals surface area contributed by atoms with Gasteiger partial charge in [-0.15, -0.1) is 0 Å². The Labute approximate surface area is 178 Å². The van der Waals surface area contributed by atoms with E-state index in [9.17, 15) is 4.79 Å². The van der Waals surface area contributed by atoms with Crippen LogP contribution in [0.15, 0.2) is 53.3 Å². The van der Waals surface area contributed by atoms with E-state index in [1.165, 1.54) is 12.1 Å². The normalized spacial score (nSPS) is 19.1. The number of nitrogens with one attached hydrogen (secondary N) is 2. The molecule has 2 aromatic carbocycles. The molecular weight excluding hydrogens is 374 g/mol. The standard InChI is InChI=1S/C25H31N3O2/c1-4-30-23-9-10-24-19(13-23)12-20(25(29)27-24)14-26-21-5-7-22(8-6-21)28-15-17(2)11-18(3)16-28/h5-10,12-13,17-18,26H,4,11,14-16H2,1-3H3,(H,27,29)/t17-,18-/m1/s1. The number of aromatic nitrogens is 1. The number of anilines is 2. The van der Waals surface area contributed by atoms with E-state index in [2.05, 4.69) is 53.3 Å². The van der Waals surface area contributed by atoms with Crippen LogP contribution in [0.2, 0.25) is 0 Å². The number of piperidine rings is 1. The lowest BCUT2D eigenvalue weighted by molar-refractivity contribution is 0.340. The summed E-state index contributed by atoms with van der Waals surface area (Å²) in [6.07, 6.45) is 1.31. The van der Waals surface area contributed by atoms with Gasteiger partial charge in [0.05, 0.1) is 6.61 Å². The Morgan fingerprint density at radius 2 is 1.80 bits per heavy atom. The Morgan fingerprint density at radius 3 is 2.50 bits per heavy atom. The first-order valence-corrected chi connectivity index (χ1v) is 10.9. The number of aromatic amines is 1. The zero-order valence-electron chi connectivity index (χ0n) is 18.1. The highest BCUT2D eigenvalue weighted by atomic mass is 16.5. The van der Waals surface area contributed by atoms with Gasteiger partial charge >= 0.3 is 0 Å². The SMILES string of the molecule is CCOc1ccc2[nH]c(=O)c(CNc3ccc(N4C[C@H](C)C[C@@H](C)C4)cc3)cc2c1. The Balaban J connectivity index is 1.45. The lowest BCUT2D eigenvalue weighted by Crippen LogP contribution is -2.38. The van der Waals surface area contributed by atoms with Gasteiger partial charge in [0.15, 0.2) is 0 Å². The minimum Gasteiger partial charge on any atom is -0.494 e. The molecule has 1 saturated heterocycles. The van der Waals surface area contributed by atoms with Crippen LogP contribution in [0.25, 0.3) is 10.9 Å². The van der Waals surface area contributed by atoms with E-state index in [4.69, 9.17) is 4.74 Å². The molecule has 30 heavy (non-hydrogen) atoms. The number of hydrogen-bond acceptors (Lipinski definition) is 4. The van der Waals surface area contributed by atoms with E-state index in [0.29, 0.717) is 18.7 Å². The third-order valence-corrected chi connectivity index (χ3v) is 5.79. The van der Waals surface area contributed by atoms with Gasteiger partial charge in [-0.3, -0.25) is 4.79 Å². The summed E-state index contributed by atoms with van der Waals surface area (Å²) < 4.78 is 5.58. The third kappa shape index (κ3) is 4.61. The summed E-state index contributed by atoms with van der Waals surface area (Å²) in [5.41, 5.74) is 3.75. The van der Waals surface area contributed by atoms with E-state index >= 15 is 0 Å². The Morgan fingerprint density at radius 1 is 1.07 bits per heavy atom. The summed E-state index contributed by atoms with van der Waals surface area (Å²) in [6, 6.07) is 16.2. The van der Waals surface area contributed by atoms with Crippen molar-refractivity contribution in [1.82, 2.24) is 4.98 Å². The fourth-order valence-electron chi connectivity index (χ4n) is 4.48. The van der Waals surface area contributed by atoms with Gasteiger partial charge in [0.1, 0.15) is 5.75 Å². The Kier molecular flexibility index (Phi) is 5.98. The summed E-state index contributed by atoms with van der Waals surface area (Å²) in [6.45, 7) is 9.95. The van der Waals surface area contributed by atoms with Crippen molar-refractivity contribution < 1.29 is 4.74 Å². The molecule has 2 N–H and O–H groups in total. The molecule has 5 nitrogen and oxygen atoms in total. The van der Waals surface area contributed by atoms with Crippen LogP contribution in [0.5, 0.6) is 5.75 Å². The molecule has 1 aliphatic heterocycles. The lowest BCUT2D eigenvalue weighted by Gasteiger charge is -2.36. The fourth-order valence-corrected chi connectivity index (χ4v) is 4.48. The maximum atomic E-state index is 12.5. The van der Waals surface area contributed by atoms with E-state index in [0.717, 1.165) is 47.3 Å². The number of ether oxygens (including phenoxy) is 1. The van der Waals surface area contributed by atoms with Crippen LogP contribution in [0.1, 0.15) is 32.8 Å². The van der Waals surface area contributed by atoms with Crippen molar-refractivity contribution in [3.05, 3.63) is 64.4 Å². The highest BCUT2D eigenvalue weighted by molar-refractivity contribution is 5.80. The van der Waals surface area contributed by atoms with Crippen LogP contribution in [-0.2, 0) is 6.54 Å². The molecule has 0 amide bonds. The van der Waals surface area contributed by atoms with Gasteiger partial charge in [-0.2, -0.15) is 0 Å². The first kappa shape index (κ1) is 20.3. The van der Waals surface area contributed by atoms with Crippen LogP contribution in [-0.4, -0.2) is 24.7 Å². The molecular formula is C25H31N3O2. The van der Waals surface area contributed by atoms with E-state index in [-0.39, 0.29) is 5.56 Å². The van der Waals surface area contributed by atoms with Crippen LogP contribution in [0, 0.1) is 11.8 Å². The average Bonchev–Trinajstić information content (AvgIpc) is 2.72. The van der Waals surface area contributed by atoms with E-state index in [1.807, 2.05) is 31.2 Å². The molecule has 0 unspecified atom stereocenters. The van der Waals surface area contributed by atoms with Gasteiger partial charge in [0.25, 0.3) is 5.56 Å². The predicted octanol–water partition coefficient (Wildman–Crippen LogP) is 5.02. The summed E-state index contributed by atoms with van der Waals surface area (Å²) in [5.74, 6) is 2.27. The molecule has 2 heterocycles. The molecule has 0 aliphatic carbocycles. The van der Waals surface area contributed by atoms with Crippen LogP contribution < -0.4 is 20.5 Å². The van der Waals surface area contributed by atoms with Gasteiger partial charge in [-0.25, -0.2) is 0 Å². The molecule has 2 atom stereocenters. The number of benzene rings is 2. The zero-order chi connectivity index (χ0) is 21.1. The number of nitrogens with zero attached hydrogens (tertiary/aromatic N) is 1. The molecule has 0 bridgehead atoms. The third-order valence-electron chi connectivity index (χ3n) is 5.79. The summed E-state index contributed by atoms with van der Waals surface area (Å²) in [5, 5.41) is 4.36. The van der Waals surface area contributed by atoms with Gasteiger partial charge < -0.3 is 19.9 Å². The number of H-pyrrole nitrogens is 1. The summed E-state index contributed by atoms with van der Waals surface area (Å²) >= 11 is 0. The molecule has 1 aromatic heterocycles. The highest BCUT2D eigenvalue weighted by Gasteiger charge is 2.21. The van der Waals surface area contributed by atoms with Gasteiger partial charge in [-0.1, -0.05) is 13.8 Å². The summed E-state index contributed by atoms with van der Waals surface area (Å²) in [4.78, 5) is 17.9. The highest BCUT2D eigenvalue weighted by Crippen LogP contribution is 2.27. The molecule has 5 heteroatoms. The first-order chi connectivity index (χ1) is 14.5. The topological polar surface area (TPSA) is 57.4 Å². The maximum absolute atomic E-state index is 12.5. The Hall–Kier alpha value is -2.95. The van der Waals surface area contributed by atoms with Crippen molar-refractivity contribution in [3.8, 4) is 5.75 Å². The molecule has 0 radical (unpaired) electrons. The molecule has 158 valence electrons. The van der Waals surface area contributed by atoms with E-state index in [1.54, 1.807) is 0 Å². The van der Waals surface area contributed by atoms with Gasteiger partial charge in [0, 0.05) is 47.5 Å². The summed E-state index contributed by atoms with van der Waals surface area (Å²) in [7, 11) is 0. The average molecular weight is 406 g/mol. The monoisotopic (exact) mass is 405 g/mol. The molecule has 1 fully saturated rings. The lowest BCUT2D eigenvalue weighted by atomic mass is 9.91. The minimum atomic E-state index is -0.0629. The van der Waals surface area contributed by atoms with Gasteiger partial charge in [0.2, 0.25) is 0 Å². The quantitative estimate of drug-likeness (QED) is 0.604. The minimum absolute atomic E-state index is 0.0629. The molecule has 4 rings (SSSR count). The largest absolute Gasteiger partial charge is 0.494 e. The Bertz CT molecular complexity index is 1050. The molecule has 0 saturated carbocycles. The second-order valence-electron chi connectivity index (χ2n) is 8.56. The molecule has 3 aromatic rings. The van der Waals surface area contributed by atoms with Gasteiger partial charge in [-0.05, 0) is 73.7 Å². The van der Waals surface area contributed by atoms with Crippen molar-refractivity contribution in [2.75, 3.05) is 29.9 Å². The van der Waals surface area contributed by atoms with Crippen LogP contribution >= 0.6 is 0 Å². The fraction of sp³-hybridized carbons (Fsp3) is 0.400. The number of hydrogen-bond donors (Lipinski definition) is 2. The second kappa shape index (κ2) is 8.82. The molecule has 0 spiro atoms. The van der Waals surface area contributed by atoms with Crippen molar-refractivity contribution in [2.45, 2.75) is 33.7 Å². The van der Waals surface area contributed by atoms with Crippen molar-refractivity contribution in [2.24, 2.45) is 11.8 Å². The molecule has 1 aliphatic rings. The predicted molar refractivity (Wildman–Crippen MR) is 125 cm³/mol. The second-order valence-corrected chi connectivity index (χ2v) is 8.56. The first-order valence-electron chi connectivity index (χ1n) is 10.9. The number of pyridine rings is 1. The van der Waals surface area contributed by atoms with Crippen LogP contribution in [0.3, 0.4) is 0 Å².